The molecule has 1 aromatic heterocycles. The number of nitrogens with zero attached hydrogens (tertiary/aromatic N) is 2. The van der Waals surface area contributed by atoms with Crippen molar-refractivity contribution in [2.45, 2.75) is 25.8 Å². The molecule has 1 atom stereocenters. The van der Waals surface area contributed by atoms with E-state index in [0.717, 1.165) is 17.0 Å². The van der Waals surface area contributed by atoms with Crippen LogP contribution in [0.2, 0.25) is 0 Å². The second-order valence-corrected chi connectivity index (χ2v) is 6.28. The maximum atomic E-state index is 12.7. The molecule has 0 fully saturated rings. The van der Waals surface area contributed by atoms with E-state index in [0.29, 0.717) is 23.4 Å². The molecular formula is C16H16N2O3S. The summed E-state index contributed by atoms with van der Waals surface area (Å²) in [5.74, 6) is -1.25. The van der Waals surface area contributed by atoms with Gasteiger partial charge in [0.05, 0.1) is 11.2 Å². The molecule has 0 aliphatic carbocycles. The molecule has 5 nitrogen and oxygen atoms in total. The number of carbonyl (C=O) groups excluding carboxylic acids is 1. The van der Waals surface area contributed by atoms with Gasteiger partial charge in [-0.15, -0.1) is 11.3 Å². The number of carboxylic acids is 1. The molecule has 22 heavy (non-hydrogen) atoms. The predicted molar refractivity (Wildman–Crippen MR) is 83.1 cm³/mol. The first-order valence-corrected chi connectivity index (χ1v) is 7.99. The molecule has 1 aliphatic rings. The maximum absolute atomic E-state index is 12.7. The second-order valence-electron chi connectivity index (χ2n) is 5.16. The number of aliphatic carboxylic acids is 1. The van der Waals surface area contributed by atoms with Crippen LogP contribution in [0.4, 0.5) is 0 Å². The Morgan fingerprint density at radius 2 is 2.18 bits per heavy atom. The lowest BCUT2D eigenvalue weighted by Crippen LogP contribution is -2.43. The quantitative estimate of drug-likeness (QED) is 0.944. The number of aryl methyl sites for hydroxylation is 1. The standard InChI is InChI=1S/C16H16N2O3S/c1-2-13-17-9-12(22-13)15(19)18-8-7-10-5-3-4-6-11(10)14(18)16(20)21/h3-6,9,14H,2,7-8H2,1H3,(H,20,21)/t14-/m1/s1. The summed E-state index contributed by atoms with van der Waals surface area (Å²) >= 11 is 1.33. The summed E-state index contributed by atoms with van der Waals surface area (Å²) in [7, 11) is 0. The number of hydrogen-bond donors (Lipinski definition) is 1. The number of carboxylic acid groups (broad SMARTS) is 1. The molecule has 1 aromatic carbocycles. The van der Waals surface area contributed by atoms with Crippen LogP contribution in [-0.2, 0) is 17.6 Å². The fraction of sp³-hybridized carbons (Fsp3) is 0.312. The molecule has 114 valence electrons. The molecule has 0 bridgehead atoms. The highest BCUT2D eigenvalue weighted by molar-refractivity contribution is 7.13. The van der Waals surface area contributed by atoms with Crippen molar-refractivity contribution < 1.29 is 14.7 Å². The van der Waals surface area contributed by atoms with E-state index in [2.05, 4.69) is 4.98 Å². The Morgan fingerprint density at radius 1 is 1.41 bits per heavy atom. The third kappa shape index (κ3) is 2.50. The van der Waals surface area contributed by atoms with Gasteiger partial charge in [0.1, 0.15) is 4.88 Å². The van der Waals surface area contributed by atoms with Crippen LogP contribution in [-0.4, -0.2) is 33.4 Å². The van der Waals surface area contributed by atoms with Crippen molar-refractivity contribution >= 4 is 23.2 Å². The molecule has 2 aromatic rings. The maximum Gasteiger partial charge on any atom is 0.331 e. The van der Waals surface area contributed by atoms with Gasteiger partial charge in [0.25, 0.3) is 5.91 Å². The van der Waals surface area contributed by atoms with Crippen molar-refractivity contribution in [1.82, 2.24) is 9.88 Å². The third-order valence-corrected chi connectivity index (χ3v) is 4.97. The summed E-state index contributed by atoms with van der Waals surface area (Å²) in [4.78, 5) is 30.5. The molecule has 0 radical (unpaired) electrons. The van der Waals surface area contributed by atoms with Gasteiger partial charge in [-0.3, -0.25) is 4.79 Å². The van der Waals surface area contributed by atoms with Crippen molar-refractivity contribution in [2.75, 3.05) is 6.54 Å². The minimum Gasteiger partial charge on any atom is -0.479 e. The number of hydrogen-bond acceptors (Lipinski definition) is 4. The number of thiazole rings is 1. The number of fused-ring (bicyclic) bond motifs is 1. The van der Waals surface area contributed by atoms with Crippen molar-refractivity contribution in [3.05, 3.63) is 51.5 Å². The first-order valence-electron chi connectivity index (χ1n) is 7.18. The highest BCUT2D eigenvalue weighted by Gasteiger charge is 2.36. The molecule has 3 rings (SSSR count). The van der Waals surface area contributed by atoms with E-state index in [1.54, 1.807) is 12.3 Å². The summed E-state index contributed by atoms with van der Waals surface area (Å²) in [6, 6.07) is 6.49. The molecular weight excluding hydrogens is 300 g/mol. The van der Waals surface area contributed by atoms with E-state index in [1.807, 2.05) is 25.1 Å². The van der Waals surface area contributed by atoms with Crippen LogP contribution in [0.3, 0.4) is 0 Å². The third-order valence-electron chi connectivity index (χ3n) is 3.84. The Balaban J connectivity index is 1.96. The van der Waals surface area contributed by atoms with Crippen LogP contribution in [0, 0.1) is 0 Å². The van der Waals surface area contributed by atoms with Crippen LogP contribution in [0.25, 0.3) is 0 Å². The lowest BCUT2D eigenvalue weighted by Gasteiger charge is -2.34. The average Bonchev–Trinajstić information content (AvgIpc) is 3.02. The molecule has 0 saturated carbocycles. The van der Waals surface area contributed by atoms with Crippen LogP contribution in [0.15, 0.2) is 30.5 Å². The van der Waals surface area contributed by atoms with Crippen molar-refractivity contribution in [3.63, 3.8) is 0 Å². The van der Waals surface area contributed by atoms with Crippen LogP contribution in [0.1, 0.15) is 38.8 Å². The highest BCUT2D eigenvalue weighted by Crippen LogP contribution is 2.32. The van der Waals surface area contributed by atoms with E-state index in [1.165, 1.54) is 16.2 Å². The van der Waals surface area contributed by atoms with Crippen molar-refractivity contribution in [1.29, 1.82) is 0 Å². The number of carbonyl (C=O) groups is 2. The van der Waals surface area contributed by atoms with E-state index in [9.17, 15) is 14.7 Å². The van der Waals surface area contributed by atoms with Gasteiger partial charge in [0.15, 0.2) is 6.04 Å². The number of aromatic nitrogens is 1. The van der Waals surface area contributed by atoms with Crippen molar-refractivity contribution in [3.8, 4) is 0 Å². The Labute approximate surface area is 132 Å². The number of benzene rings is 1. The summed E-state index contributed by atoms with van der Waals surface area (Å²) < 4.78 is 0. The van der Waals surface area contributed by atoms with Gasteiger partial charge in [-0.2, -0.15) is 0 Å². The van der Waals surface area contributed by atoms with Gasteiger partial charge in [0, 0.05) is 6.54 Å². The normalized spacial score (nSPS) is 17.1. The highest BCUT2D eigenvalue weighted by atomic mass is 32.1. The first kappa shape index (κ1) is 14.7. The largest absolute Gasteiger partial charge is 0.479 e. The monoisotopic (exact) mass is 316 g/mol. The number of rotatable bonds is 3. The van der Waals surface area contributed by atoms with Gasteiger partial charge in [-0.1, -0.05) is 31.2 Å². The lowest BCUT2D eigenvalue weighted by molar-refractivity contribution is -0.143. The number of amides is 1. The summed E-state index contributed by atoms with van der Waals surface area (Å²) in [5, 5.41) is 10.5. The van der Waals surface area contributed by atoms with Gasteiger partial charge < -0.3 is 10.0 Å². The zero-order valence-electron chi connectivity index (χ0n) is 12.2. The Bertz CT molecular complexity index is 726. The zero-order chi connectivity index (χ0) is 15.7. The van der Waals surface area contributed by atoms with Gasteiger partial charge in [0.2, 0.25) is 0 Å². The van der Waals surface area contributed by atoms with Crippen LogP contribution >= 0.6 is 11.3 Å². The molecule has 2 heterocycles. The van der Waals surface area contributed by atoms with Gasteiger partial charge in [-0.05, 0) is 24.0 Å². The molecule has 6 heteroatoms. The Morgan fingerprint density at radius 3 is 2.86 bits per heavy atom. The Kier molecular flexibility index (Phi) is 3.94. The fourth-order valence-electron chi connectivity index (χ4n) is 2.77. The summed E-state index contributed by atoms with van der Waals surface area (Å²) in [6.07, 6.45) is 2.99. The first-order chi connectivity index (χ1) is 10.6. The van der Waals surface area contributed by atoms with Crippen molar-refractivity contribution in [2.24, 2.45) is 0 Å². The summed E-state index contributed by atoms with van der Waals surface area (Å²) in [5.41, 5.74) is 1.70. The Hall–Kier alpha value is -2.21. The second kappa shape index (κ2) is 5.88. The van der Waals surface area contributed by atoms with Crippen LogP contribution < -0.4 is 0 Å². The zero-order valence-corrected chi connectivity index (χ0v) is 13.0. The minimum absolute atomic E-state index is 0.251. The molecule has 0 unspecified atom stereocenters. The molecule has 1 amide bonds. The minimum atomic E-state index is -0.999. The molecule has 0 saturated heterocycles. The predicted octanol–water partition coefficient (Wildman–Crippen LogP) is 2.53. The summed E-state index contributed by atoms with van der Waals surface area (Å²) in [6.45, 7) is 2.39. The van der Waals surface area contributed by atoms with Crippen LogP contribution in [0.5, 0.6) is 0 Å². The van der Waals surface area contributed by atoms with Gasteiger partial charge in [-0.25, -0.2) is 9.78 Å². The SMILES string of the molecule is CCc1ncc(C(=O)N2CCc3ccccc3[C@@H]2C(=O)O)s1. The molecule has 0 spiro atoms. The van der Waals surface area contributed by atoms with Gasteiger partial charge >= 0.3 is 5.97 Å². The smallest absolute Gasteiger partial charge is 0.331 e. The fourth-order valence-corrected chi connectivity index (χ4v) is 3.58. The topological polar surface area (TPSA) is 70.5 Å². The average molecular weight is 316 g/mol. The van der Waals surface area contributed by atoms with E-state index >= 15 is 0 Å². The molecule has 1 aliphatic heterocycles. The van der Waals surface area contributed by atoms with E-state index in [4.69, 9.17) is 0 Å². The van der Waals surface area contributed by atoms with E-state index in [-0.39, 0.29) is 5.91 Å². The lowest BCUT2D eigenvalue weighted by atomic mass is 9.92. The molecule has 1 N–H and O–H groups in total. The van der Waals surface area contributed by atoms with E-state index < -0.39 is 12.0 Å².